The number of carbonyl (C=O) groups is 2. The molecule has 36 heavy (non-hydrogen) atoms. The fourth-order valence-electron chi connectivity index (χ4n) is 2.89. The van der Waals surface area contributed by atoms with Gasteiger partial charge in [-0.05, 0) is 46.1 Å². The summed E-state index contributed by atoms with van der Waals surface area (Å²) in [5.41, 5.74) is 0.575. The summed E-state index contributed by atoms with van der Waals surface area (Å²) in [5.74, 6) is -0.213. The molecule has 0 atom stereocenters. The number of benzene rings is 1. The second-order valence-electron chi connectivity index (χ2n) is 7.74. The van der Waals surface area contributed by atoms with E-state index in [0.29, 0.717) is 26.5 Å². The van der Waals surface area contributed by atoms with Gasteiger partial charge in [0.15, 0.2) is 5.82 Å². The molecule has 0 aliphatic carbocycles. The van der Waals surface area contributed by atoms with Gasteiger partial charge in [-0.1, -0.05) is 46.5 Å². The van der Waals surface area contributed by atoms with E-state index < -0.39 is 11.8 Å². The third kappa shape index (κ3) is 7.05. The molecule has 0 bridgehead atoms. The molecule has 0 radical (unpaired) electrons. The standard InChI is InChI=1S/C23H23Br2ClN6O4/c1-13(2)12-36-29-8-7-28-22(33)15-9-14(24)10-16(25)20(15)30-23(34)18-11-19(35-3)31-32(18)21-17(26)5-4-6-27-21/h4-6,8-11,13H,7,12H2,1-3H3,(H,28,33)(H,30,34)/b29-8+. The highest BCUT2D eigenvalue weighted by Crippen LogP contribution is 2.32. The lowest BCUT2D eigenvalue weighted by atomic mass is 10.1. The lowest BCUT2D eigenvalue weighted by molar-refractivity contribution is 0.0958. The monoisotopic (exact) mass is 640 g/mol. The van der Waals surface area contributed by atoms with Gasteiger partial charge in [0.1, 0.15) is 12.3 Å². The summed E-state index contributed by atoms with van der Waals surface area (Å²) in [4.78, 5) is 35.6. The summed E-state index contributed by atoms with van der Waals surface area (Å²) >= 11 is 13.1. The SMILES string of the molecule is COc1cc(C(=O)Nc2c(Br)cc(Br)cc2C(=O)NC/C=N/OCC(C)C)n(-c2ncccc2Cl)n1. The fourth-order valence-corrected chi connectivity index (χ4v) is 4.41. The molecule has 0 unspecified atom stereocenters. The Morgan fingerprint density at radius 2 is 2.03 bits per heavy atom. The number of hydrogen-bond acceptors (Lipinski definition) is 7. The van der Waals surface area contributed by atoms with E-state index in [1.54, 1.807) is 24.3 Å². The summed E-state index contributed by atoms with van der Waals surface area (Å²) in [6.45, 7) is 4.62. The van der Waals surface area contributed by atoms with Crippen molar-refractivity contribution in [2.24, 2.45) is 11.1 Å². The molecule has 0 fully saturated rings. The number of carbonyl (C=O) groups excluding carboxylic acids is 2. The zero-order valence-electron chi connectivity index (χ0n) is 19.6. The van der Waals surface area contributed by atoms with E-state index in [1.165, 1.54) is 30.3 Å². The van der Waals surface area contributed by atoms with Crippen LogP contribution >= 0.6 is 43.5 Å². The van der Waals surface area contributed by atoms with Gasteiger partial charge in [0, 0.05) is 21.2 Å². The maximum atomic E-state index is 13.3. The van der Waals surface area contributed by atoms with E-state index in [2.05, 4.69) is 57.7 Å². The molecule has 13 heteroatoms. The Bertz CT molecular complexity index is 1280. The van der Waals surface area contributed by atoms with E-state index in [9.17, 15) is 9.59 Å². The molecule has 0 spiro atoms. The zero-order valence-corrected chi connectivity index (χ0v) is 23.5. The van der Waals surface area contributed by atoms with Crippen molar-refractivity contribution in [3.05, 3.63) is 61.8 Å². The van der Waals surface area contributed by atoms with E-state index in [-0.39, 0.29) is 35.2 Å². The van der Waals surface area contributed by atoms with Gasteiger partial charge in [0.2, 0.25) is 5.88 Å². The van der Waals surface area contributed by atoms with E-state index >= 15 is 0 Å². The van der Waals surface area contributed by atoms with Crippen molar-refractivity contribution in [1.82, 2.24) is 20.1 Å². The summed E-state index contributed by atoms with van der Waals surface area (Å²) in [6.07, 6.45) is 2.98. The number of rotatable bonds is 10. The summed E-state index contributed by atoms with van der Waals surface area (Å²) in [7, 11) is 1.43. The van der Waals surface area contributed by atoms with Crippen molar-refractivity contribution in [2.75, 3.05) is 25.6 Å². The molecule has 2 N–H and O–H groups in total. The van der Waals surface area contributed by atoms with E-state index in [0.717, 1.165) is 0 Å². The largest absolute Gasteiger partial charge is 0.480 e. The Balaban J connectivity index is 1.86. The first-order valence-corrected chi connectivity index (χ1v) is 12.6. The molecule has 0 saturated carbocycles. The molecule has 190 valence electrons. The van der Waals surface area contributed by atoms with Crippen LogP contribution in [0.5, 0.6) is 5.88 Å². The van der Waals surface area contributed by atoms with E-state index in [1.807, 2.05) is 13.8 Å². The maximum absolute atomic E-state index is 13.3. The number of nitrogens with zero attached hydrogens (tertiary/aromatic N) is 4. The molecular weight excluding hydrogens is 620 g/mol. The number of methoxy groups -OCH3 is 1. The molecule has 1 aromatic carbocycles. The highest BCUT2D eigenvalue weighted by molar-refractivity contribution is 9.11. The first-order chi connectivity index (χ1) is 17.2. The Kier molecular flexibility index (Phi) is 9.85. The smallest absolute Gasteiger partial charge is 0.274 e. The number of pyridine rings is 1. The maximum Gasteiger partial charge on any atom is 0.274 e. The van der Waals surface area contributed by atoms with Gasteiger partial charge in [-0.2, -0.15) is 0 Å². The van der Waals surface area contributed by atoms with Crippen LogP contribution in [0.3, 0.4) is 0 Å². The topological polar surface area (TPSA) is 120 Å². The number of halogens is 3. The molecule has 0 saturated heterocycles. The number of oxime groups is 1. The highest BCUT2D eigenvalue weighted by Gasteiger charge is 2.23. The van der Waals surface area contributed by atoms with Crippen molar-refractivity contribution in [3.8, 4) is 11.7 Å². The van der Waals surface area contributed by atoms with Crippen molar-refractivity contribution in [2.45, 2.75) is 13.8 Å². The van der Waals surface area contributed by atoms with Crippen LogP contribution in [0.15, 0.2) is 50.6 Å². The minimum atomic E-state index is -0.562. The molecule has 0 aliphatic rings. The molecule has 2 amide bonds. The van der Waals surface area contributed by atoms with Crippen LogP contribution in [0.4, 0.5) is 5.69 Å². The van der Waals surface area contributed by atoms with Gasteiger partial charge in [-0.3, -0.25) is 9.59 Å². The number of hydrogen-bond donors (Lipinski definition) is 2. The van der Waals surface area contributed by atoms with Crippen molar-refractivity contribution in [1.29, 1.82) is 0 Å². The zero-order chi connectivity index (χ0) is 26.2. The Labute approximate surface area is 229 Å². The van der Waals surface area contributed by atoms with Crippen LogP contribution in [0.25, 0.3) is 5.82 Å². The second kappa shape index (κ2) is 12.8. The molecule has 2 aromatic heterocycles. The third-order valence-electron chi connectivity index (χ3n) is 4.52. The molecule has 0 aliphatic heterocycles. The quantitative estimate of drug-likeness (QED) is 0.235. The summed E-state index contributed by atoms with van der Waals surface area (Å²) < 4.78 is 7.60. The Hall–Kier alpha value is -2.96. The van der Waals surface area contributed by atoms with Gasteiger partial charge >= 0.3 is 0 Å². The normalized spacial score (nSPS) is 11.1. The van der Waals surface area contributed by atoms with Crippen LogP contribution in [-0.2, 0) is 4.84 Å². The average molecular weight is 643 g/mol. The number of ether oxygens (including phenoxy) is 1. The average Bonchev–Trinajstić information content (AvgIpc) is 3.27. The van der Waals surface area contributed by atoms with Crippen molar-refractivity contribution >= 4 is 67.2 Å². The molecule has 2 heterocycles. The Morgan fingerprint density at radius 3 is 2.72 bits per heavy atom. The number of anilines is 1. The van der Waals surface area contributed by atoms with Crippen LogP contribution < -0.4 is 15.4 Å². The first kappa shape index (κ1) is 27.6. The number of amides is 2. The predicted molar refractivity (Wildman–Crippen MR) is 144 cm³/mol. The van der Waals surface area contributed by atoms with Gasteiger partial charge in [0.05, 0.1) is 36.1 Å². The lowest BCUT2D eigenvalue weighted by Crippen LogP contribution is -2.27. The molecular formula is C23H23Br2ClN6O4. The fraction of sp³-hybridized carbons (Fsp3) is 0.261. The Morgan fingerprint density at radius 1 is 1.25 bits per heavy atom. The molecule has 3 rings (SSSR count). The lowest BCUT2D eigenvalue weighted by Gasteiger charge is -2.14. The van der Waals surface area contributed by atoms with Gasteiger partial charge < -0.3 is 20.2 Å². The second-order valence-corrected chi connectivity index (χ2v) is 9.92. The highest BCUT2D eigenvalue weighted by atomic mass is 79.9. The number of nitrogens with one attached hydrogen (secondary N) is 2. The van der Waals surface area contributed by atoms with Crippen LogP contribution in [0.2, 0.25) is 5.02 Å². The van der Waals surface area contributed by atoms with Crippen LogP contribution in [0, 0.1) is 5.92 Å². The summed E-state index contributed by atoms with van der Waals surface area (Å²) in [6, 6.07) is 8.04. The molecule has 3 aromatic rings. The minimum absolute atomic E-state index is 0.100. The van der Waals surface area contributed by atoms with Gasteiger partial charge in [-0.25, -0.2) is 9.67 Å². The third-order valence-corrected chi connectivity index (χ3v) is 5.90. The van der Waals surface area contributed by atoms with Gasteiger partial charge in [-0.15, -0.1) is 5.10 Å². The van der Waals surface area contributed by atoms with Gasteiger partial charge in [0.25, 0.3) is 11.8 Å². The van der Waals surface area contributed by atoms with Crippen LogP contribution in [-0.4, -0.2) is 53.1 Å². The van der Waals surface area contributed by atoms with Crippen molar-refractivity contribution in [3.63, 3.8) is 0 Å². The predicted octanol–water partition coefficient (Wildman–Crippen LogP) is 5.09. The number of aromatic nitrogens is 3. The van der Waals surface area contributed by atoms with Crippen LogP contribution in [0.1, 0.15) is 34.7 Å². The summed E-state index contributed by atoms with van der Waals surface area (Å²) in [5, 5.41) is 13.9. The minimum Gasteiger partial charge on any atom is -0.480 e. The van der Waals surface area contributed by atoms with Crippen molar-refractivity contribution < 1.29 is 19.2 Å². The first-order valence-electron chi connectivity index (χ1n) is 10.7. The van der Waals surface area contributed by atoms with E-state index in [4.69, 9.17) is 21.2 Å². The molecule has 10 nitrogen and oxygen atoms in total.